The van der Waals surface area contributed by atoms with Gasteiger partial charge in [0.05, 0.1) is 11.5 Å². The zero-order valence-corrected chi connectivity index (χ0v) is 16.7. The number of anilines is 1. The Morgan fingerprint density at radius 3 is 2.54 bits per heavy atom. The van der Waals surface area contributed by atoms with E-state index in [-0.39, 0.29) is 11.8 Å². The summed E-state index contributed by atoms with van der Waals surface area (Å²) in [6.45, 7) is 3.05. The molecule has 6 heteroatoms. The molecular weight excluding hydrogens is 372 g/mol. The molecule has 1 heterocycles. The SMILES string of the molecule is CCOc1ccc(CN(C)C(=O)c2cccc(NC(=O)c3cccs3)c2)cc1. The van der Waals surface area contributed by atoms with Crippen LogP contribution in [0, 0.1) is 0 Å². The maximum Gasteiger partial charge on any atom is 0.265 e. The third-order valence-electron chi connectivity index (χ3n) is 4.11. The molecule has 0 bridgehead atoms. The van der Waals surface area contributed by atoms with E-state index >= 15 is 0 Å². The minimum Gasteiger partial charge on any atom is -0.494 e. The molecule has 3 aromatic rings. The zero-order valence-electron chi connectivity index (χ0n) is 15.8. The fourth-order valence-corrected chi connectivity index (χ4v) is 3.37. The molecule has 28 heavy (non-hydrogen) atoms. The van der Waals surface area contributed by atoms with Gasteiger partial charge in [0.15, 0.2) is 0 Å². The van der Waals surface area contributed by atoms with Crippen molar-refractivity contribution in [3.63, 3.8) is 0 Å². The molecule has 5 nitrogen and oxygen atoms in total. The molecule has 3 rings (SSSR count). The van der Waals surface area contributed by atoms with E-state index in [1.165, 1.54) is 11.3 Å². The molecule has 0 fully saturated rings. The molecule has 144 valence electrons. The minimum atomic E-state index is -0.178. The van der Waals surface area contributed by atoms with E-state index in [2.05, 4.69) is 5.32 Å². The Kier molecular flexibility index (Phi) is 6.45. The standard InChI is InChI=1S/C22H22N2O3S/c1-3-27-19-11-9-16(10-12-19)15-24(2)22(26)17-6-4-7-18(14-17)23-21(25)20-8-5-13-28-20/h4-14H,3,15H2,1-2H3,(H,23,25). The molecule has 2 amide bonds. The molecule has 0 saturated heterocycles. The maximum absolute atomic E-state index is 12.8. The second kappa shape index (κ2) is 9.19. The monoisotopic (exact) mass is 394 g/mol. The topological polar surface area (TPSA) is 58.6 Å². The number of carbonyl (C=O) groups excluding carboxylic acids is 2. The number of hydrogen-bond acceptors (Lipinski definition) is 4. The molecule has 0 radical (unpaired) electrons. The molecule has 0 unspecified atom stereocenters. The Bertz CT molecular complexity index is 937. The van der Waals surface area contributed by atoms with Crippen LogP contribution in [0.1, 0.15) is 32.5 Å². The van der Waals surface area contributed by atoms with Crippen LogP contribution in [0.2, 0.25) is 0 Å². The van der Waals surface area contributed by atoms with Gasteiger partial charge < -0.3 is 15.0 Å². The van der Waals surface area contributed by atoms with Crippen LogP contribution >= 0.6 is 11.3 Å². The normalized spacial score (nSPS) is 10.4. The minimum absolute atomic E-state index is 0.110. The van der Waals surface area contributed by atoms with Gasteiger partial charge in [-0.3, -0.25) is 9.59 Å². The van der Waals surface area contributed by atoms with Crippen molar-refractivity contribution in [2.45, 2.75) is 13.5 Å². The van der Waals surface area contributed by atoms with E-state index in [4.69, 9.17) is 4.74 Å². The first-order chi connectivity index (χ1) is 13.6. The Balaban J connectivity index is 1.65. The average molecular weight is 394 g/mol. The summed E-state index contributed by atoms with van der Waals surface area (Å²) in [6, 6.07) is 18.3. The highest BCUT2D eigenvalue weighted by Crippen LogP contribution is 2.18. The molecule has 0 aliphatic rings. The summed E-state index contributed by atoms with van der Waals surface area (Å²) in [5.74, 6) is 0.526. The Labute approximate surface area is 168 Å². The number of nitrogens with zero attached hydrogens (tertiary/aromatic N) is 1. The average Bonchev–Trinajstić information content (AvgIpc) is 3.24. The van der Waals surface area contributed by atoms with Gasteiger partial charge >= 0.3 is 0 Å². The number of amides is 2. The van der Waals surface area contributed by atoms with Crippen LogP contribution in [0.15, 0.2) is 66.0 Å². The van der Waals surface area contributed by atoms with Gasteiger partial charge in [-0.1, -0.05) is 24.3 Å². The van der Waals surface area contributed by atoms with Crippen LogP contribution in [-0.4, -0.2) is 30.4 Å². The van der Waals surface area contributed by atoms with Crippen molar-refractivity contribution >= 4 is 28.8 Å². The summed E-state index contributed by atoms with van der Waals surface area (Å²) in [5.41, 5.74) is 2.14. The summed E-state index contributed by atoms with van der Waals surface area (Å²) in [7, 11) is 1.76. The highest BCUT2D eigenvalue weighted by Gasteiger charge is 2.14. The summed E-state index contributed by atoms with van der Waals surface area (Å²) >= 11 is 1.37. The van der Waals surface area contributed by atoms with Gasteiger partial charge in [0.25, 0.3) is 11.8 Å². The van der Waals surface area contributed by atoms with E-state index < -0.39 is 0 Å². The highest BCUT2D eigenvalue weighted by molar-refractivity contribution is 7.12. The Morgan fingerprint density at radius 2 is 1.86 bits per heavy atom. The lowest BCUT2D eigenvalue weighted by atomic mass is 10.1. The van der Waals surface area contributed by atoms with Gasteiger partial charge in [0.1, 0.15) is 5.75 Å². The summed E-state index contributed by atoms with van der Waals surface area (Å²) < 4.78 is 5.44. The fourth-order valence-electron chi connectivity index (χ4n) is 2.75. The van der Waals surface area contributed by atoms with Crippen molar-refractivity contribution in [1.29, 1.82) is 0 Å². The molecule has 0 aliphatic heterocycles. The molecule has 0 saturated carbocycles. The third-order valence-corrected chi connectivity index (χ3v) is 4.98. The van der Waals surface area contributed by atoms with E-state index in [1.807, 2.05) is 42.6 Å². The molecule has 0 atom stereocenters. The number of hydrogen-bond donors (Lipinski definition) is 1. The first kappa shape index (κ1) is 19.6. The Morgan fingerprint density at radius 1 is 1.07 bits per heavy atom. The quantitative estimate of drug-likeness (QED) is 0.633. The lowest BCUT2D eigenvalue weighted by Crippen LogP contribution is -2.26. The van der Waals surface area contributed by atoms with Crippen LogP contribution < -0.4 is 10.1 Å². The number of nitrogens with one attached hydrogen (secondary N) is 1. The smallest absolute Gasteiger partial charge is 0.265 e. The van der Waals surface area contributed by atoms with Gasteiger partial charge in [0, 0.05) is 24.8 Å². The van der Waals surface area contributed by atoms with Crippen molar-refractivity contribution in [1.82, 2.24) is 4.90 Å². The van der Waals surface area contributed by atoms with E-state index in [0.29, 0.717) is 29.3 Å². The number of ether oxygens (including phenoxy) is 1. The third kappa shape index (κ3) is 4.98. The number of rotatable bonds is 7. The van der Waals surface area contributed by atoms with Gasteiger partial charge in [-0.2, -0.15) is 0 Å². The summed E-state index contributed by atoms with van der Waals surface area (Å²) in [5, 5.41) is 4.69. The van der Waals surface area contributed by atoms with Gasteiger partial charge in [-0.05, 0) is 54.3 Å². The molecular formula is C22H22N2O3S. The summed E-state index contributed by atoms with van der Waals surface area (Å²) in [6.07, 6.45) is 0. The van der Waals surface area contributed by atoms with Crippen molar-refractivity contribution < 1.29 is 14.3 Å². The molecule has 1 N–H and O–H groups in total. The van der Waals surface area contributed by atoms with Crippen LogP contribution in [-0.2, 0) is 6.54 Å². The fraction of sp³-hybridized carbons (Fsp3) is 0.182. The van der Waals surface area contributed by atoms with Gasteiger partial charge in [-0.25, -0.2) is 0 Å². The lowest BCUT2D eigenvalue weighted by molar-refractivity contribution is 0.0784. The lowest BCUT2D eigenvalue weighted by Gasteiger charge is -2.18. The predicted molar refractivity (Wildman–Crippen MR) is 112 cm³/mol. The number of thiophene rings is 1. The molecule has 0 aliphatic carbocycles. The second-order valence-corrected chi connectivity index (χ2v) is 7.20. The summed E-state index contributed by atoms with van der Waals surface area (Å²) in [4.78, 5) is 27.3. The highest BCUT2D eigenvalue weighted by atomic mass is 32.1. The van der Waals surface area contributed by atoms with E-state index in [9.17, 15) is 9.59 Å². The maximum atomic E-state index is 12.8. The van der Waals surface area contributed by atoms with Crippen LogP contribution in [0.5, 0.6) is 5.75 Å². The molecule has 0 spiro atoms. The van der Waals surface area contributed by atoms with Gasteiger partial charge in [-0.15, -0.1) is 11.3 Å². The predicted octanol–water partition coefficient (Wildman–Crippen LogP) is 4.67. The zero-order chi connectivity index (χ0) is 19.9. The van der Waals surface area contributed by atoms with Crippen molar-refractivity contribution in [2.75, 3.05) is 19.0 Å². The first-order valence-electron chi connectivity index (χ1n) is 8.99. The van der Waals surface area contributed by atoms with E-state index in [1.54, 1.807) is 42.3 Å². The van der Waals surface area contributed by atoms with Crippen LogP contribution in [0.3, 0.4) is 0 Å². The van der Waals surface area contributed by atoms with Crippen molar-refractivity contribution in [3.8, 4) is 5.75 Å². The van der Waals surface area contributed by atoms with Crippen molar-refractivity contribution in [3.05, 3.63) is 82.0 Å². The molecule has 2 aromatic carbocycles. The number of benzene rings is 2. The van der Waals surface area contributed by atoms with E-state index in [0.717, 1.165) is 11.3 Å². The van der Waals surface area contributed by atoms with Gasteiger partial charge in [0.2, 0.25) is 0 Å². The Hall–Kier alpha value is -3.12. The molecule has 1 aromatic heterocycles. The van der Waals surface area contributed by atoms with Crippen LogP contribution in [0.25, 0.3) is 0 Å². The second-order valence-electron chi connectivity index (χ2n) is 6.25. The first-order valence-corrected chi connectivity index (χ1v) is 9.87. The van der Waals surface area contributed by atoms with Crippen molar-refractivity contribution in [2.24, 2.45) is 0 Å². The largest absolute Gasteiger partial charge is 0.494 e. The van der Waals surface area contributed by atoms with Crippen LogP contribution in [0.4, 0.5) is 5.69 Å². The number of carbonyl (C=O) groups is 2.